The first-order chi connectivity index (χ1) is 9.06. The number of rotatable bonds is 9. The molecule has 0 aliphatic heterocycles. The van der Waals surface area contributed by atoms with Crippen molar-refractivity contribution in [1.29, 1.82) is 0 Å². The standard InChI is InChI=1S/C13H25N3O2S/c1-4-7-16(8-5-2)19(17,18)13-9-12(15-11-13)10-14-6-3/h9,11,14-15H,4-8,10H2,1-3H3. The number of aromatic nitrogens is 1. The molecule has 2 N–H and O–H groups in total. The summed E-state index contributed by atoms with van der Waals surface area (Å²) in [5.74, 6) is 0. The van der Waals surface area contributed by atoms with Crippen LogP contribution in [-0.2, 0) is 16.6 Å². The molecule has 0 bridgehead atoms. The summed E-state index contributed by atoms with van der Waals surface area (Å²) in [6.07, 6.45) is 3.24. The first-order valence-corrected chi connectivity index (χ1v) is 8.38. The predicted molar refractivity (Wildman–Crippen MR) is 77.5 cm³/mol. The van der Waals surface area contributed by atoms with Crippen molar-refractivity contribution in [3.8, 4) is 0 Å². The molecule has 6 heteroatoms. The summed E-state index contributed by atoms with van der Waals surface area (Å²) in [7, 11) is -3.36. The van der Waals surface area contributed by atoms with E-state index in [0.29, 0.717) is 24.5 Å². The zero-order valence-corrected chi connectivity index (χ0v) is 12.9. The second-order valence-corrected chi connectivity index (χ2v) is 6.48. The van der Waals surface area contributed by atoms with Gasteiger partial charge in [0.15, 0.2) is 0 Å². The first-order valence-electron chi connectivity index (χ1n) is 6.94. The lowest BCUT2D eigenvalue weighted by atomic mass is 10.4. The Labute approximate surface area is 116 Å². The monoisotopic (exact) mass is 287 g/mol. The summed E-state index contributed by atoms with van der Waals surface area (Å²) in [5, 5.41) is 3.17. The lowest BCUT2D eigenvalue weighted by molar-refractivity contribution is 0.410. The van der Waals surface area contributed by atoms with E-state index in [1.807, 2.05) is 20.8 Å². The molecule has 0 spiro atoms. The highest BCUT2D eigenvalue weighted by Gasteiger charge is 2.23. The molecule has 0 fully saturated rings. The normalized spacial score (nSPS) is 12.2. The van der Waals surface area contributed by atoms with Gasteiger partial charge in [-0.2, -0.15) is 4.31 Å². The topological polar surface area (TPSA) is 65.2 Å². The van der Waals surface area contributed by atoms with Gasteiger partial charge in [-0.15, -0.1) is 0 Å². The molecular formula is C13H25N3O2S. The van der Waals surface area contributed by atoms with Gasteiger partial charge in [-0.25, -0.2) is 8.42 Å². The van der Waals surface area contributed by atoms with Crippen molar-refractivity contribution in [3.05, 3.63) is 18.0 Å². The third-order valence-electron chi connectivity index (χ3n) is 2.87. The van der Waals surface area contributed by atoms with Gasteiger partial charge >= 0.3 is 0 Å². The van der Waals surface area contributed by atoms with E-state index in [0.717, 1.165) is 25.1 Å². The Bertz CT molecular complexity index is 462. The van der Waals surface area contributed by atoms with Crippen molar-refractivity contribution in [1.82, 2.24) is 14.6 Å². The Morgan fingerprint density at radius 1 is 1.21 bits per heavy atom. The summed E-state index contributed by atoms with van der Waals surface area (Å²) < 4.78 is 26.5. The van der Waals surface area contributed by atoms with Crippen molar-refractivity contribution in [2.75, 3.05) is 19.6 Å². The molecule has 1 rings (SSSR count). The molecule has 110 valence electrons. The van der Waals surface area contributed by atoms with Gasteiger partial charge in [-0.1, -0.05) is 20.8 Å². The Morgan fingerprint density at radius 3 is 2.37 bits per heavy atom. The highest BCUT2D eigenvalue weighted by Crippen LogP contribution is 2.17. The lowest BCUT2D eigenvalue weighted by Crippen LogP contribution is -2.32. The van der Waals surface area contributed by atoms with Gasteiger partial charge in [0, 0.05) is 31.5 Å². The summed E-state index contributed by atoms with van der Waals surface area (Å²) in [6.45, 7) is 8.67. The van der Waals surface area contributed by atoms with Crippen LogP contribution in [0.15, 0.2) is 17.2 Å². The van der Waals surface area contributed by atoms with Crippen LogP contribution in [0.2, 0.25) is 0 Å². The number of sulfonamides is 1. The number of nitrogens with one attached hydrogen (secondary N) is 2. The van der Waals surface area contributed by atoms with Gasteiger partial charge in [0.25, 0.3) is 0 Å². The van der Waals surface area contributed by atoms with Crippen molar-refractivity contribution in [2.45, 2.75) is 45.1 Å². The van der Waals surface area contributed by atoms with Crippen LogP contribution < -0.4 is 5.32 Å². The van der Waals surface area contributed by atoms with Crippen LogP contribution in [-0.4, -0.2) is 37.3 Å². The van der Waals surface area contributed by atoms with E-state index in [-0.39, 0.29) is 0 Å². The maximum atomic E-state index is 12.5. The van der Waals surface area contributed by atoms with E-state index in [4.69, 9.17) is 0 Å². The summed E-state index contributed by atoms with van der Waals surface area (Å²) in [5.41, 5.74) is 0.897. The van der Waals surface area contributed by atoms with E-state index < -0.39 is 10.0 Å². The number of hydrogen-bond donors (Lipinski definition) is 2. The highest BCUT2D eigenvalue weighted by atomic mass is 32.2. The molecule has 5 nitrogen and oxygen atoms in total. The molecule has 0 aliphatic carbocycles. The minimum atomic E-state index is -3.36. The van der Waals surface area contributed by atoms with E-state index in [9.17, 15) is 8.42 Å². The number of hydrogen-bond acceptors (Lipinski definition) is 3. The van der Waals surface area contributed by atoms with Crippen LogP contribution in [0.25, 0.3) is 0 Å². The first kappa shape index (κ1) is 16.2. The Balaban J connectivity index is 2.88. The van der Waals surface area contributed by atoms with E-state index in [1.54, 1.807) is 16.6 Å². The smallest absolute Gasteiger partial charge is 0.244 e. The Hall–Kier alpha value is -0.850. The fourth-order valence-electron chi connectivity index (χ4n) is 1.93. The predicted octanol–water partition coefficient (Wildman–Crippen LogP) is 1.93. The second kappa shape index (κ2) is 7.67. The summed E-state index contributed by atoms with van der Waals surface area (Å²) in [4.78, 5) is 3.38. The van der Waals surface area contributed by atoms with Crippen LogP contribution in [0.3, 0.4) is 0 Å². The third-order valence-corrected chi connectivity index (χ3v) is 4.74. The lowest BCUT2D eigenvalue weighted by Gasteiger charge is -2.19. The van der Waals surface area contributed by atoms with E-state index in [1.165, 1.54) is 0 Å². The minimum absolute atomic E-state index is 0.363. The summed E-state index contributed by atoms with van der Waals surface area (Å²) >= 11 is 0. The van der Waals surface area contributed by atoms with Crippen LogP contribution in [0.5, 0.6) is 0 Å². The Morgan fingerprint density at radius 2 is 1.84 bits per heavy atom. The van der Waals surface area contributed by atoms with Crippen molar-refractivity contribution < 1.29 is 8.42 Å². The molecule has 19 heavy (non-hydrogen) atoms. The third kappa shape index (κ3) is 4.33. The van der Waals surface area contributed by atoms with Gasteiger partial charge in [-0.05, 0) is 25.5 Å². The zero-order valence-electron chi connectivity index (χ0n) is 12.1. The number of nitrogens with zero attached hydrogens (tertiary/aromatic N) is 1. The van der Waals surface area contributed by atoms with Gasteiger partial charge in [0.05, 0.1) is 4.90 Å². The molecule has 0 aromatic carbocycles. The molecule has 0 amide bonds. The van der Waals surface area contributed by atoms with Crippen LogP contribution in [0.1, 0.15) is 39.3 Å². The molecule has 0 atom stereocenters. The van der Waals surface area contributed by atoms with Gasteiger partial charge < -0.3 is 10.3 Å². The minimum Gasteiger partial charge on any atom is -0.363 e. The van der Waals surface area contributed by atoms with Crippen LogP contribution in [0, 0.1) is 0 Å². The van der Waals surface area contributed by atoms with Crippen LogP contribution >= 0.6 is 0 Å². The largest absolute Gasteiger partial charge is 0.363 e. The second-order valence-electron chi connectivity index (χ2n) is 4.55. The molecular weight excluding hydrogens is 262 g/mol. The number of H-pyrrole nitrogens is 1. The highest BCUT2D eigenvalue weighted by molar-refractivity contribution is 7.89. The average molecular weight is 287 g/mol. The van der Waals surface area contributed by atoms with Gasteiger partial charge in [-0.3, -0.25) is 0 Å². The molecule has 1 heterocycles. The summed E-state index contributed by atoms with van der Waals surface area (Å²) in [6, 6.07) is 1.72. The fraction of sp³-hybridized carbons (Fsp3) is 0.692. The maximum Gasteiger partial charge on any atom is 0.244 e. The molecule has 1 aromatic rings. The van der Waals surface area contributed by atoms with Crippen molar-refractivity contribution in [2.24, 2.45) is 0 Å². The van der Waals surface area contributed by atoms with Crippen molar-refractivity contribution >= 4 is 10.0 Å². The molecule has 0 saturated carbocycles. The van der Waals surface area contributed by atoms with Crippen LogP contribution in [0.4, 0.5) is 0 Å². The molecule has 0 radical (unpaired) electrons. The zero-order chi connectivity index (χ0) is 14.3. The number of aromatic amines is 1. The van der Waals surface area contributed by atoms with Gasteiger partial charge in [0.1, 0.15) is 0 Å². The van der Waals surface area contributed by atoms with Gasteiger partial charge in [0.2, 0.25) is 10.0 Å². The molecule has 0 aliphatic rings. The maximum absolute atomic E-state index is 12.5. The Kier molecular flexibility index (Phi) is 6.54. The quantitative estimate of drug-likeness (QED) is 0.729. The SMILES string of the molecule is CCCN(CCC)S(=O)(=O)c1c[nH]c(CNCC)c1. The average Bonchev–Trinajstić information content (AvgIpc) is 2.85. The van der Waals surface area contributed by atoms with Crippen molar-refractivity contribution in [3.63, 3.8) is 0 Å². The molecule has 1 aromatic heterocycles. The fourth-order valence-corrected chi connectivity index (χ4v) is 3.57. The van der Waals surface area contributed by atoms with E-state index >= 15 is 0 Å². The molecule has 0 unspecified atom stereocenters. The molecule has 0 saturated heterocycles. The van der Waals surface area contributed by atoms with E-state index in [2.05, 4.69) is 10.3 Å².